The molecule has 0 spiro atoms. The maximum absolute atomic E-state index is 12.1. The van der Waals surface area contributed by atoms with E-state index in [0.29, 0.717) is 13.2 Å². The number of aryl methyl sites for hydroxylation is 1. The number of rotatable bonds is 6. The number of imidazole rings is 1. The molecule has 2 aromatic heterocycles. The molecular weight excluding hydrogens is 308 g/mol. The Labute approximate surface area is 141 Å². The second-order valence-corrected chi connectivity index (χ2v) is 5.89. The van der Waals surface area contributed by atoms with Crippen LogP contribution in [0.1, 0.15) is 18.8 Å². The molecular formula is C16H24N6O2. The Hall–Kier alpha value is -2.19. The number of hydrogen-bond donors (Lipinski definition) is 1. The lowest BCUT2D eigenvalue weighted by atomic mass is 10.1. The monoisotopic (exact) mass is 332 g/mol. The van der Waals surface area contributed by atoms with Gasteiger partial charge in [0.15, 0.2) is 0 Å². The Morgan fingerprint density at radius 3 is 2.96 bits per heavy atom. The Bertz CT molecular complexity index is 653. The molecule has 0 aromatic carbocycles. The fourth-order valence-corrected chi connectivity index (χ4v) is 3.12. The Morgan fingerprint density at radius 1 is 1.42 bits per heavy atom. The van der Waals surface area contributed by atoms with Crippen LogP contribution < -0.4 is 5.32 Å². The molecule has 24 heavy (non-hydrogen) atoms. The van der Waals surface area contributed by atoms with E-state index in [2.05, 4.69) is 27.2 Å². The molecule has 3 heterocycles. The Balaban J connectivity index is 1.65. The van der Waals surface area contributed by atoms with Gasteiger partial charge in [0.1, 0.15) is 12.4 Å². The van der Waals surface area contributed by atoms with Gasteiger partial charge in [-0.25, -0.2) is 4.98 Å². The molecule has 1 N–H and O–H groups in total. The van der Waals surface area contributed by atoms with E-state index >= 15 is 0 Å². The number of hydrogen-bond acceptors (Lipinski definition) is 5. The lowest BCUT2D eigenvalue weighted by molar-refractivity contribution is -0.124. The highest BCUT2D eigenvalue weighted by molar-refractivity contribution is 5.75. The Kier molecular flexibility index (Phi) is 5.27. The molecule has 8 nitrogen and oxygen atoms in total. The summed E-state index contributed by atoms with van der Waals surface area (Å²) in [5.74, 6) is 0.886. The van der Waals surface area contributed by atoms with Gasteiger partial charge in [-0.15, -0.1) is 0 Å². The summed E-state index contributed by atoms with van der Waals surface area (Å²) in [6, 6.07) is 1.84. The summed E-state index contributed by atoms with van der Waals surface area (Å²) in [4.78, 5) is 18.9. The highest BCUT2D eigenvalue weighted by Gasteiger charge is 2.35. The molecule has 1 fully saturated rings. The number of carbonyl (C=O) groups is 1. The minimum atomic E-state index is -0.124. The molecule has 0 bridgehead atoms. The van der Waals surface area contributed by atoms with E-state index < -0.39 is 0 Å². The van der Waals surface area contributed by atoms with Crippen molar-refractivity contribution in [2.24, 2.45) is 7.05 Å². The van der Waals surface area contributed by atoms with Crippen LogP contribution in [0.3, 0.4) is 0 Å². The highest BCUT2D eigenvalue weighted by atomic mass is 16.5. The molecule has 1 aliphatic heterocycles. The van der Waals surface area contributed by atoms with Gasteiger partial charge in [0, 0.05) is 44.9 Å². The zero-order chi connectivity index (χ0) is 16.9. The first-order valence-corrected chi connectivity index (χ1v) is 8.26. The van der Waals surface area contributed by atoms with Gasteiger partial charge in [0.2, 0.25) is 5.91 Å². The number of morpholine rings is 1. The van der Waals surface area contributed by atoms with Crippen molar-refractivity contribution in [2.75, 3.05) is 26.2 Å². The first-order valence-electron chi connectivity index (χ1n) is 8.26. The standard InChI is InChI=1S/C16H24N6O2/c1-3-21-9-10-24-13(15(21)16-17-6-8-20(16)2)11-18-14(23)12-22-7-4-5-19-22/h4-8,13,15H,3,9-12H2,1-2H3,(H,18,23)/t13-,15+/m0/s1. The van der Waals surface area contributed by atoms with Crippen LogP contribution in [0, 0.1) is 0 Å². The number of ether oxygens (including phenoxy) is 1. The second kappa shape index (κ2) is 7.59. The SMILES string of the molecule is CCN1CCO[C@@H](CNC(=O)Cn2cccn2)[C@@H]1c1nccn1C. The highest BCUT2D eigenvalue weighted by Crippen LogP contribution is 2.27. The zero-order valence-electron chi connectivity index (χ0n) is 14.1. The van der Waals surface area contributed by atoms with Crippen molar-refractivity contribution in [2.45, 2.75) is 25.6 Å². The molecule has 0 unspecified atom stereocenters. The predicted octanol–water partition coefficient (Wildman–Crippen LogP) is 0.195. The van der Waals surface area contributed by atoms with Gasteiger partial charge < -0.3 is 14.6 Å². The third kappa shape index (κ3) is 3.65. The van der Waals surface area contributed by atoms with Crippen molar-refractivity contribution < 1.29 is 9.53 Å². The molecule has 1 saturated heterocycles. The van der Waals surface area contributed by atoms with E-state index in [1.165, 1.54) is 0 Å². The van der Waals surface area contributed by atoms with Crippen LogP contribution in [0.5, 0.6) is 0 Å². The third-order valence-electron chi connectivity index (χ3n) is 4.35. The van der Waals surface area contributed by atoms with Crippen LogP contribution >= 0.6 is 0 Å². The summed E-state index contributed by atoms with van der Waals surface area (Å²) in [5, 5.41) is 7.00. The topological polar surface area (TPSA) is 77.2 Å². The van der Waals surface area contributed by atoms with Crippen molar-refractivity contribution in [1.82, 2.24) is 29.5 Å². The zero-order valence-corrected chi connectivity index (χ0v) is 14.1. The van der Waals surface area contributed by atoms with Crippen molar-refractivity contribution >= 4 is 5.91 Å². The molecule has 1 amide bonds. The van der Waals surface area contributed by atoms with Gasteiger partial charge in [-0.3, -0.25) is 14.4 Å². The molecule has 1 aliphatic rings. The van der Waals surface area contributed by atoms with Crippen molar-refractivity contribution in [3.63, 3.8) is 0 Å². The fourth-order valence-electron chi connectivity index (χ4n) is 3.12. The van der Waals surface area contributed by atoms with Gasteiger partial charge in [0.05, 0.1) is 18.8 Å². The average molecular weight is 332 g/mol. The van der Waals surface area contributed by atoms with Crippen molar-refractivity contribution in [1.29, 1.82) is 0 Å². The van der Waals surface area contributed by atoms with Crippen LogP contribution in [-0.4, -0.2) is 62.5 Å². The maximum Gasteiger partial charge on any atom is 0.241 e. The summed E-state index contributed by atoms with van der Waals surface area (Å²) >= 11 is 0. The summed E-state index contributed by atoms with van der Waals surface area (Å²) in [7, 11) is 1.98. The largest absolute Gasteiger partial charge is 0.373 e. The van der Waals surface area contributed by atoms with Gasteiger partial charge in [-0.1, -0.05) is 6.92 Å². The number of nitrogens with one attached hydrogen (secondary N) is 1. The minimum absolute atomic E-state index is 0.0359. The second-order valence-electron chi connectivity index (χ2n) is 5.89. The third-order valence-corrected chi connectivity index (χ3v) is 4.35. The summed E-state index contributed by atoms with van der Waals surface area (Å²) < 4.78 is 9.57. The molecule has 8 heteroatoms. The smallest absolute Gasteiger partial charge is 0.241 e. The Morgan fingerprint density at radius 2 is 2.29 bits per heavy atom. The van der Waals surface area contributed by atoms with Crippen molar-refractivity contribution in [3.8, 4) is 0 Å². The predicted molar refractivity (Wildman–Crippen MR) is 88.2 cm³/mol. The first-order chi connectivity index (χ1) is 11.7. The normalized spacial score (nSPS) is 21.8. The van der Waals surface area contributed by atoms with E-state index in [0.717, 1.165) is 18.9 Å². The summed E-state index contributed by atoms with van der Waals surface area (Å²) in [6.07, 6.45) is 7.04. The molecule has 2 atom stereocenters. The van der Waals surface area contributed by atoms with Crippen LogP contribution in [-0.2, 0) is 23.1 Å². The van der Waals surface area contributed by atoms with E-state index in [1.54, 1.807) is 29.3 Å². The first kappa shape index (κ1) is 16.7. The molecule has 130 valence electrons. The van der Waals surface area contributed by atoms with Crippen LogP contribution in [0.15, 0.2) is 30.9 Å². The molecule has 0 saturated carbocycles. The van der Waals surface area contributed by atoms with Gasteiger partial charge in [0.25, 0.3) is 0 Å². The lowest BCUT2D eigenvalue weighted by Crippen LogP contribution is -2.50. The molecule has 0 radical (unpaired) electrons. The van der Waals surface area contributed by atoms with E-state index in [4.69, 9.17) is 4.74 Å². The minimum Gasteiger partial charge on any atom is -0.373 e. The molecule has 2 aromatic rings. The van der Waals surface area contributed by atoms with Gasteiger partial charge in [-0.05, 0) is 12.6 Å². The quantitative estimate of drug-likeness (QED) is 0.817. The summed E-state index contributed by atoms with van der Waals surface area (Å²) in [6.45, 7) is 5.24. The maximum atomic E-state index is 12.1. The van der Waals surface area contributed by atoms with Crippen LogP contribution in [0.4, 0.5) is 0 Å². The van der Waals surface area contributed by atoms with Crippen molar-refractivity contribution in [3.05, 3.63) is 36.7 Å². The number of nitrogens with zero attached hydrogens (tertiary/aromatic N) is 5. The summed E-state index contributed by atoms with van der Waals surface area (Å²) in [5.41, 5.74) is 0. The van der Waals surface area contributed by atoms with E-state index in [9.17, 15) is 4.79 Å². The van der Waals surface area contributed by atoms with E-state index in [1.807, 2.05) is 17.8 Å². The number of likely N-dealkylation sites (N-methyl/N-ethyl adjacent to an activating group) is 1. The number of aromatic nitrogens is 4. The number of carbonyl (C=O) groups excluding carboxylic acids is 1. The van der Waals surface area contributed by atoms with E-state index in [-0.39, 0.29) is 24.6 Å². The number of amides is 1. The molecule has 3 rings (SSSR count). The van der Waals surface area contributed by atoms with Gasteiger partial charge in [-0.2, -0.15) is 5.10 Å². The van der Waals surface area contributed by atoms with Crippen LogP contribution in [0.2, 0.25) is 0 Å². The van der Waals surface area contributed by atoms with Crippen LogP contribution in [0.25, 0.3) is 0 Å². The van der Waals surface area contributed by atoms with Gasteiger partial charge >= 0.3 is 0 Å². The average Bonchev–Trinajstić information content (AvgIpc) is 3.24. The molecule has 0 aliphatic carbocycles. The fraction of sp³-hybridized carbons (Fsp3) is 0.562. The lowest BCUT2D eigenvalue weighted by Gasteiger charge is -2.40.